The van der Waals surface area contributed by atoms with Gasteiger partial charge in [0.05, 0.1) is 6.54 Å². The largest absolute Gasteiger partial charge is 0.347 e. The van der Waals surface area contributed by atoms with Crippen LogP contribution < -0.4 is 4.90 Å². The molecule has 2 aromatic heterocycles. The van der Waals surface area contributed by atoms with Crippen LogP contribution in [0.1, 0.15) is 11.3 Å². The van der Waals surface area contributed by atoms with E-state index in [1.54, 1.807) is 0 Å². The summed E-state index contributed by atoms with van der Waals surface area (Å²) in [7, 11) is 3.93. The number of benzene rings is 1. The number of hydrogen-bond acceptors (Lipinski definition) is 4. The molecular formula is C15H18N6. The first-order valence-corrected chi connectivity index (χ1v) is 6.82. The van der Waals surface area contributed by atoms with Crippen LogP contribution in [-0.4, -0.2) is 39.1 Å². The van der Waals surface area contributed by atoms with E-state index in [0.29, 0.717) is 12.4 Å². The van der Waals surface area contributed by atoms with E-state index >= 15 is 0 Å². The van der Waals surface area contributed by atoms with Crippen molar-refractivity contribution in [1.82, 2.24) is 25.0 Å². The summed E-state index contributed by atoms with van der Waals surface area (Å²) in [5.74, 6) is 1.45. The summed E-state index contributed by atoms with van der Waals surface area (Å²) in [6, 6.07) is 12.2. The molecule has 0 unspecified atom stereocenters. The van der Waals surface area contributed by atoms with Gasteiger partial charge in [-0.05, 0) is 18.6 Å². The molecule has 0 atom stereocenters. The average Bonchev–Trinajstić information content (AvgIpc) is 3.06. The lowest BCUT2D eigenvalue weighted by Crippen LogP contribution is -2.16. The van der Waals surface area contributed by atoms with E-state index in [2.05, 4.69) is 32.4 Å². The molecule has 0 aliphatic rings. The Hall–Kier alpha value is -2.63. The number of nitrogens with zero attached hydrogens (tertiary/aromatic N) is 5. The van der Waals surface area contributed by atoms with Gasteiger partial charge in [0.1, 0.15) is 5.69 Å². The van der Waals surface area contributed by atoms with E-state index in [9.17, 15) is 0 Å². The molecule has 0 fully saturated rings. The number of hydrogen-bond donors (Lipinski definition) is 1. The first kappa shape index (κ1) is 13.4. The van der Waals surface area contributed by atoms with Crippen LogP contribution in [-0.2, 0) is 6.54 Å². The first-order valence-electron chi connectivity index (χ1n) is 6.82. The minimum Gasteiger partial charge on any atom is -0.347 e. The molecule has 0 spiro atoms. The number of anilines is 1. The molecule has 0 saturated carbocycles. The van der Waals surface area contributed by atoms with Gasteiger partial charge in [-0.1, -0.05) is 30.3 Å². The zero-order valence-corrected chi connectivity index (χ0v) is 12.4. The summed E-state index contributed by atoms with van der Waals surface area (Å²) in [6.45, 7) is 2.65. The van der Waals surface area contributed by atoms with E-state index in [4.69, 9.17) is 0 Å². The predicted molar refractivity (Wildman–Crippen MR) is 82.2 cm³/mol. The number of aromatic nitrogens is 5. The monoisotopic (exact) mass is 282 g/mol. The Morgan fingerprint density at radius 3 is 2.57 bits per heavy atom. The third kappa shape index (κ3) is 2.79. The Balaban J connectivity index is 1.97. The van der Waals surface area contributed by atoms with Crippen LogP contribution in [0.3, 0.4) is 0 Å². The highest BCUT2D eigenvalue weighted by Crippen LogP contribution is 2.19. The fraction of sp³-hybridized carbons (Fsp3) is 0.267. The Labute approximate surface area is 123 Å². The Bertz CT molecular complexity index is 726. The van der Waals surface area contributed by atoms with Gasteiger partial charge in [0, 0.05) is 19.8 Å². The van der Waals surface area contributed by atoms with Gasteiger partial charge in [0.15, 0.2) is 0 Å². The van der Waals surface area contributed by atoms with Crippen LogP contribution in [0.5, 0.6) is 0 Å². The van der Waals surface area contributed by atoms with Crippen LogP contribution in [0, 0.1) is 6.92 Å². The fourth-order valence-electron chi connectivity index (χ4n) is 2.17. The number of aryl methyl sites for hydroxylation is 1. The normalized spacial score (nSPS) is 10.8. The van der Waals surface area contributed by atoms with Crippen LogP contribution in [0.2, 0.25) is 0 Å². The molecule has 0 aliphatic carbocycles. The van der Waals surface area contributed by atoms with Gasteiger partial charge in [-0.25, -0.2) is 4.68 Å². The van der Waals surface area contributed by atoms with Crippen molar-refractivity contribution < 1.29 is 0 Å². The van der Waals surface area contributed by atoms with Gasteiger partial charge in [-0.15, -0.1) is 5.10 Å². The molecule has 6 nitrogen and oxygen atoms in total. The molecular weight excluding hydrogens is 264 g/mol. The van der Waals surface area contributed by atoms with E-state index in [1.807, 2.05) is 54.9 Å². The predicted octanol–water partition coefficient (Wildman–Crippen LogP) is 2.09. The Morgan fingerprint density at radius 1 is 1.19 bits per heavy atom. The van der Waals surface area contributed by atoms with Gasteiger partial charge in [0.25, 0.3) is 0 Å². The summed E-state index contributed by atoms with van der Waals surface area (Å²) >= 11 is 0. The summed E-state index contributed by atoms with van der Waals surface area (Å²) in [4.78, 5) is 6.54. The first-order chi connectivity index (χ1) is 10.1. The van der Waals surface area contributed by atoms with Gasteiger partial charge in [-0.2, -0.15) is 10.1 Å². The molecule has 0 radical (unpaired) electrons. The highest BCUT2D eigenvalue weighted by atomic mass is 15.4. The SMILES string of the molecule is Cc1cc(-c2nc(N(C)C)n(Cc3ccccc3)n2)n[nH]1. The van der Waals surface area contributed by atoms with E-state index in [1.165, 1.54) is 5.56 Å². The maximum atomic E-state index is 4.59. The molecule has 2 heterocycles. The van der Waals surface area contributed by atoms with E-state index < -0.39 is 0 Å². The van der Waals surface area contributed by atoms with Crippen molar-refractivity contribution in [3.63, 3.8) is 0 Å². The smallest absolute Gasteiger partial charge is 0.224 e. The number of H-pyrrole nitrogens is 1. The highest BCUT2D eigenvalue weighted by molar-refractivity contribution is 5.51. The quantitative estimate of drug-likeness (QED) is 0.796. The Morgan fingerprint density at radius 2 is 1.95 bits per heavy atom. The number of aromatic amines is 1. The summed E-state index contributed by atoms with van der Waals surface area (Å²) in [5, 5.41) is 11.7. The molecule has 21 heavy (non-hydrogen) atoms. The lowest BCUT2D eigenvalue weighted by molar-refractivity contribution is 0.679. The topological polar surface area (TPSA) is 62.6 Å². The van der Waals surface area contributed by atoms with E-state index in [0.717, 1.165) is 17.3 Å². The molecule has 3 aromatic rings. The van der Waals surface area contributed by atoms with Crippen molar-refractivity contribution >= 4 is 5.95 Å². The molecule has 3 rings (SSSR count). The maximum Gasteiger partial charge on any atom is 0.224 e. The molecule has 0 bridgehead atoms. The molecule has 0 amide bonds. The molecule has 0 aliphatic heterocycles. The highest BCUT2D eigenvalue weighted by Gasteiger charge is 2.15. The van der Waals surface area contributed by atoms with Gasteiger partial charge in [-0.3, -0.25) is 5.10 Å². The van der Waals surface area contributed by atoms with Crippen molar-refractivity contribution in [3.8, 4) is 11.5 Å². The zero-order chi connectivity index (χ0) is 14.8. The third-order valence-electron chi connectivity index (χ3n) is 3.16. The second kappa shape index (κ2) is 5.40. The molecule has 6 heteroatoms. The van der Waals surface area contributed by atoms with Crippen molar-refractivity contribution in [2.45, 2.75) is 13.5 Å². The van der Waals surface area contributed by atoms with Crippen LogP contribution in [0.4, 0.5) is 5.95 Å². The summed E-state index contributed by atoms with van der Waals surface area (Å²) in [6.07, 6.45) is 0. The van der Waals surface area contributed by atoms with E-state index in [-0.39, 0.29) is 0 Å². The lowest BCUT2D eigenvalue weighted by Gasteiger charge is -2.12. The van der Waals surface area contributed by atoms with Crippen LogP contribution in [0.25, 0.3) is 11.5 Å². The molecule has 1 N–H and O–H groups in total. The minimum atomic E-state index is 0.638. The van der Waals surface area contributed by atoms with Crippen molar-refractivity contribution in [3.05, 3.63) is 47.7 Å². The Kier molecular flexibility index (Phi) is 3.43. The van der Waals surface area contributed by atoms with Gasteiger partial charge in [0.2, 0.25) is 11.8 Å². The standard InChI is InChI=1S/C15H18N6/c1-11-9-13(18-17-11)14-16-15(20(2)3)21(19-14)10-12-7-5-4-6-8-12/h4-9H,10H2,1-3H3,(H,17,18). The molecule has 1 aromatic carbocycles. The summed E-state index contributed by atoms with van der Waals surface area (Å²) < 4.78 is 1.90. The number of nitrogens with one attached hydrogen (secondary N) is 1. The van der Waals surface area contributed by atoms with Crippen LogP contribution >= 0.6 is 0 Å². The molecule has 108 valence electrons. The number of rotatable bonds is 4. The maximum absolute atomic E-state index is 4.59. The van der Waals surface area contributed by atoms with Crippen molar-refractivity contribution in [1.29, 1.82) is 0 Å². The fourth-order valence-corrected chi connectivity index (χ4v) is 2.17. The second-order valence-corrected chi connectivity index (χ2v) is 5.21. The minimum absolute atomic E-state index is 0.638. The third-order valence-corrected chi connectivity index (χ3v) is 3.16. The zero-order valence-electron chi connectivity index (χ0n) is 12.4. The van der Waals surface area contributed by atoms with Crippen LogP contribution in [0.15, 0.2) is 36.4 Å². The van der Waals surface area contributed by atoms with Gasteiger partial charge < -0.3 is 4.90 Å². The van der Waals surface area contributed by atoms with Gasteiger partial charge >= 0.3 is 0 Å². The van der Waals surface area contributed by atoms with Crippen molar-refractivity contribution in [2.24, 2.45) is 0 Å². The average molecular weight is 282 g/mol. The van der Waals surface area contributed by atoms with Crippen molar-refractivity contribution in [2.75, 3.05) is 19.0 Å². The second-order valence-electron chi connectivity index (χ2n) is 5.21. The molecule has 0 saturated heterocycles. The lowest BCUT2D eigenvalue weighted by atomic mass is 10.2. The summed E-state index contributed by atoms with van der Waals surface area (Å²) in [5.41, 5.74) is 2.95.